The third kappa shape index (κ3) is 3.88. The van der Waals surface area contributed by atoms with Crippen molar-refractivity contribution in [2.24, 2.45) is 5.41 Å². The van der Waals surface area contributed by atoms with Crippen LogP contribution in [-0.2, 0) is 6.54 Å². The van der Waals surface area contributed by atoms with Gasteiger partial charge in [0.1, 0.15) is 5.69 Å². The molecule has 0 aromatic carbocycles. The molecule has 0 aliphatic heterocycles. The fourth-order valence-electron chi connectivity index (χ4n) is 2.21. The van der Waals surface area contributed by atoms with Crippen molar-refractivity contribution in [3.63, 3.8) is 0 Å². The summed E-state index contributed by atoms with van der Waals surface area (Å²) in [6.07, 6.45) is -0.994. The van der Waals surface area contributed by atoms with Crippen LogP contribution in [0.5, 0.6) is 0 Å². The molecule has 0 aliphatic carbocycles. The van der Waals surface area contributed by atoms with Gasteiger partial charge in [0.25, 0.3) is 6.43 Å². The maximum Gasteiger partial charge on any atom is 0.280 e. The summed E-state index contributed by atoms with van der Waals surface area (Å²) in [5.74, 6) is 0.217. The molecule has 2 aromatic heterocycles. The van der Waals surface area contributed by atoms with Crippen molar-refractivity contribution >= 4 is 5.95 Å². The average Bonchev–Trinajstić information content (AvgIpc) is 2.86. The summed E-state index contributed by atoms with van der Waals surface area (Å²) in [5.41, 5.74) is 1.76. The van der Waals surface area contributed by atoms with Gasteiger partial charge in [-0.2, -0.15) is 5.10 Å². The van der Waals surface area contributed by atoms with Crippen LogP contribution in [0.3, 0.4) is 0 Å². The van der Waals surface area contributed by atoms with E-state index in [9.17, 15) is 8.78 Å². The van der Waals surface area contributed by atoms with E-state index in [1.807, 2.05) is 25.5 Å². The third-order valence-electron chi connectivity index (χ3n) is 4.29. The first-order chi connectivity index (χ1) is 11.1. The second kappa shape index (κ2) is 6.83. The van der Waals surface area contributed by atoms with E-state index in [0.29, 0.717) is 12.2 Å². The van der Waals surface area contributed by atoms with E-state index in [-0.39, 0.29) is 23.1 Å². The Kier molecular flexibility index (Phi) is 5.20. The fourth-order valence-corrected chi connectivity index (χ4v) is 2.21. The summed E-state index contributed by atoms with van der Waals surface area (Å²) >= 11 is 0. The molecular weight excluding hydrogens is 312 g/mol. The summed E-state index contributed by atoms with van der Waals surface area (Å²) < 4.78 is 28.3. The summed E-state index contributed by atoms with van der Waals surface area (Å²) in [6.45, 7) is 12.8. The highest BCUT2D eigenvalue weighted by Gasteiger charge is 2.22. The van der Waals surface area contributed by atoms with Crippen LogP contribution in [0.2, 0.25) is 0 Å². The van der Waals surface area contributed by atoms with Gasteiger partial charge in [0.05, 0.1) is 11.9 Å². The first kappa shape index (κ1) is 18.3. The molecule has 0 spiro atoms. The summed E-state index contributed by atoms with van der Waals surface area (Å²) in [6, 6.07) is 1.36. The number of hydrogen-bond acceptors (Lipinski definition) is 4. The molecule has 2 rings (SSSR count). The Balaban J connectivity index is 2.46. The van der Waals surface area contributed by atoms with Crippen LogP contribution >= 0.6 is 0 Å². The lowest BCUT2D eigenvalue weighted by molar-refractivity contribution is 0.146. The number of hydrogen-bond donors (Lipinski definition) is 1. The first-order valence-corrected chi connectivity index (χ1v) is 8.10. The van der Waals surface area contributed by atoms with Crippen LogP contribution in [0.1, 0.15) is 52.4 Å². The van der Waals surface area contributed by atoms with Crippen molar-refractivity contribution in [3.05, 3.63) is 23.7 Å². The molecular formula is C17H25F2N5. The van der Waals surface area contributed by atoms with E-state index < -0.39 is 6.43 Å². The van der Waals surface area contributed by atoms with Crippen LogP contribution in [0, 0.1) is 12.3 Å². The van der Waals surface area contributed by atoms with Crippen molar-refractivity contribution in [1.82, 2.24) is 19.7 Å². The molecule has 0 unspecified atom stereocenters. The maximum absolute atomic E-state index is 13.2. The van der Waals surface area contributed by atoms with Gasteiger partial charge in [-0.05, 0) is 32.3 Å². The number of aryl methyl sites for hydroxylation is 1. The van der Waals surface area contributed by atoms with Gasteiger partial charge in [0, 0.05) is 23.8 Å². The third-order valence-corrected chi connectivity index (χ3v) is 4.29. The number of rotatable bonds is 5. The van der Waals surface area contributed by atoms with Gasteiger partial charge in [-0.1, -0.05) is 20.8 Å². The number of halogens is 2. The normalized spacial score (nSPS) is 13.4. The van der Waals surface area contributed by atoms with Gasteiger partial charge in [0.2, 0.25) is 5.95 Å². The largest absolute Gasteiger partial charge is 0.351 e. The van der Waals surface area contributed by atoms with Crippen molar-refractivity contribution < 1.29 is 8.78 Å². The molecule has 7 heteroatoms. The van der Waals surface area contributed by atoms with E-state index in [4.69, 9.17) is 0 Å². The molecule has 0 saturated carbocycles. The Morgan fingerprint density at radius 1 is 1.25 bits per heavy atom. The SMILES string of the molecule is CCn1ncc(-c2cc(C(F)F)nc(N[C@H](C)C(C)(C)C)n2)c1C. The second-order valence-corrected chi connectivity index (χ2v) is 6.99. The maximum atomic E-state index is 13.2. The van der Waals surface area contributed by atoms with Crippen molar-refractivity contribution in [1.29, 1.82) is 0 Å². The average molecular weight is 337 g/mol. The zero-order valence-corrected chi connectivity index (χ0v) is 15.1. The molecule has 0 fully saturated rings. The van der Waals surface area contributed by atoms with E-state index in [1.54, 1.807) is 6.20 Å². The monoisotopic (exact) mass is 337 g/mol. The second-order valence-electron chi connectivity index (χ2n) is 6.99. The Hall–Kier alpha value is -2.05. The molecule has 1 N–H and O–H groups in total. The number of aromatic nitrogens is 4. The highest BCUT2D eigenvalue weighted by atomic mass is 19.3. The topological polar surface area (TPSA) is 55.6 Å². The highest BCUT2D eigenvalue weighted by Crippen LogP contribution is 2.28. The molecule has 0 aliphatic rings. The predicted octanol–water partition coefficient (Wildman–Crippen LogP) is 4.45. The molecule has 132 valence electrons. The quantitative estimate of drug-likeness (QED) is 0.875. The zero-order valence-electron chi connectivity index (χ0n) is 15.1. The molecule has 1 atom stereocenters. The number of alkyl halides is 2. The fraction of sp³-hybridized carbons (Fsp3) is 0.588. The van der Waals surface area contributed by atoms with Crippen LogP contribution in [-0.4, -0.2) is 25.8 Å². The minimum Gasteiger partial charge on any atom is -0.351 e. The van der Waals surface area contributed by atoms with Gasteiger partial charge >= 0.3 is 0 Å². The lowest BCUT2D eigenvalue weighted by atomic mass is 9.88. The summed E-state index contributed by atoms with van der Waals surface area (Å²) in [7, 11) is 0. The Morgan fingerprint density at radius 3 is 2.42 bits per heavy atom. The minimum atomic E-state index is -2.65. The molecule has 0 bridgehead atoms. The van der Waals surface area contributed by atoms with Gasteiger partial charge < -0.3 is 5.32 Å². The summed E-state index contributed by atoms with van der Waals surface area (Å²) in [5, 5.41) is 7.41. The first-order valence-electron chi connectivity index (χ1n) is 8.10. The van der Waals surface area contributed by atoms with E-state index in [2.05, 4.69) is 41.2 Å². The van der Waals surface area contributed by atoms with E-state index >= 15 is 0 Å². The number of nitrogens with one attached hydrogen (secondary N) is 1. The Labute approximate surface area is 141 Å². The van der Waals surface area contributed by atoms with Crippen molar-refractivity contribution in [2.75, 3.05) is 5.32 Å². The summed E-state index contributed by atoms with van der Waals surface area (Å²) in [4.78, 5) is 8.41. The van der Waals surface area contributed by atoms with Crippen molar-refractivity contribution in [3.8, 4) is 11.3 Å². The number of nitrogens with zero attached hydrogens (tertiary/aromatic N) is 4. The molecule has 0 radical (unpaired) electrons. The van der Waals surface area contributed by atoms with Crippen LogP contribution in [0.15, 0.2) is 12.3 Å². The van der Waals surface area contributed by atoms with E-state index in [0.717, 1.165) is 11.3 Å². The molecule has 2 aromatic rings. The van der Waals surface area contributed by atoms with Gasteiger partial charge in [0.15, 0.2) is 0 Å². The Morgan fingerprint density at radius 2 is 1.92 bits per heavy atom. The molecule has 0 amide bonds. The molecule has 0 saturated heterocycles. The minimum absolute atomic E-state index is 0.0257. The van der Waals surface area contributed by atoms with E-state index in [1.165, 1.54) is 6.07 Å². The van der Waals surface area contributed by atoms with Crippen LogP contribution in [0.25, 0.3) is 11.3 Å². The van der Waals surface area contributed by atoms with Gasteiger partial charge in [-0.25, -0.2) is 18.7 Å². The molecule has 2 heterocycles. The lowest BCUT2D eigenvalue weighted by Crippen LogP contribution is -2.31. The molecule has 24 heavy (non-hydrogen) atoms. The van der Waals surface area contributed by atoms with Crippen LogP contribution in [0.4, 0.5) is 14.7 Å². The standard InChI is InChI=1S/C17H25F2N5/c1-7-24-10(2)12(9-20-24)13-8-14(15(18)19)23-16(22-13)21-11(3)17(4,5)6/h8-9,11,15H,7H2,1-6H3,(H,21,22,23)/t11-/m1/s1. The van der Waals surface area contributed by atoms with Gasteiger partial charge in [-0.15, -0.1) is 0 Å². The van der Waals surface area contributed by atoms with Crippen molar-refractivity contribution in [2.45, 2.75) is 60.6 Å². The zero-order chi connectivity index (χ0) is 18.1. The Bertz CT molecular complexity index is 703. The number of anilines is 1. The predicted molar refractivity (Wildman–Crippen MR) is 91.2 cm³/mol. The van der Waals surface area contributed by atoms with Gasteiger partial charge in [-0.3, -0.25) is 4.68 Å². The lowest BCUT2D eigenvalue weighted by Gasteiger charge is -2.28. The van der Waals surface area contributed by atoms with Crippen LogP contribution < -0.4 is 5.32 Å². The smallest absolute Gasteiger partial charge is 0.280 e. The highest BCUT2D eigenvalue weighted by molar-refractivity contribution is 5.62. The molecule has 5 nitrogen and oxygen atoms in total.